The summed E-state index contributed by atoms with van der Waals surface area (Å²) in [4.78, 5) is 29.7. The number of methoxy groups -OCH3 is 1. The van der Waals surface area contributed by atoms with Crippen LogP contribution in [0.1, 0.15) is 32.9 Å². The van der Waals surface area contributed by atoms with Crippen LogP contribution in [0.15, 0.2) is 9.59 Å². The highest BCUT2D eigenvalue weighted by molar-refractivity contribution is 7.16. The average molecular weight is 360 g/mol. The molecule has 0 saturated carbocycles. The van der Waals surface area contributed by atoms with Gasteiger partial charge in [0, 0.05) is 14.2 Å². The van der Waals surface area contributed by atoms with Crippen molar-refractivity contribution < 1.29 is 14.6 Å². The molecule has 10 heteroatoms. The first-order valence-corrected chi connectivity index (χ1v) is 8.40. The molecule has 0 bridgehead atoms. The second-order valence-corrected chi connectivity index (χ2v) is 5.68. The van der Waals surface area contributed by atoms with E-state index in [-0.39, 0.29) is 33.9 Å². The zero-order valence-electron chi connectivity index (χ0n) is 14.2. The van der Waals surface area contributed by atoms with E-state index in [1.807, 2.05) is 13.8 Å². The fraction of sp³-hybridized carbons (Fsp3) is 0.643. The number of aliphatic hydroxyl groups is 1. The summed E-state index contributed by atoms with van der Waals surface area (Å²) in [6.45, 7) is 3.91. The molecular weight excluding hydrogens is 336 g/mol. The molecule has 1 aliphatic heterocycles. The van der Waals surface area contributed by atoms with Gasteiger partial charge >= 0.3 is 4.87 Å². The number of nitrogens with one attached hydrogen (secondary N) is 1. The molecule has 1 fully saturated rings. The Morgan fingerprint density at radius 1 is 1.42 bits per heavy atom. The van der Waals surface area contributed by atoms with Crippen LogP contribution < -0.4 is 16.2 Å². The van der Waals surface area contributed by atoms with Crippen molar-refractivity contribution in [3.8, 4) is 0 Å². The van der Waals surface area contributed by atoms with Gasteiger partial charge < -0.3 is 20.3 Å². The van der Waals surface area contributed by atoms with Crippen LogP contribution in [0.25, 0.3) is 10.3 Å². The number of fused-ring (bicyclic) bond motifs is 1. The van der Waals surface area contributed by atoms with Crippen LogP contribution in [0.5, 0.6) is 0 Å². The molecule has 3 rings (SSSR count). The zero-order valence-corrected chi connectivity index (χ0v) is 15.1. The summed E-state index contributed by atoms with van der Waals surface area (Å²) >= 11 is 0.813. The number of nitrogens with zero attached hydrogens (tertiary/aromatic N) is 2. The second kappa shape index (κ2) is 9.52. The smallest absolute Gasteiger partial charge is 0.311 e. The molecule has 9 nitrogen and oxygen atoms in total. The van der Waals surface area contributed by atoms with E-state index >= 15 is 0 Å². The number of nitrogen functional groups attached to an aromatic ring is 1. The first-order valence-electron chi connectivity index (χ1n) is 7.59. The van der Waals surface area contributed by atoms with Crippen molar-refractivity contribution in [1.29, 1.82) is 0 Å². The van der Waals surface area contributed by atoms with Crippen LogP contribution in [-0.2, 0) is 9.47 Å². The van der Waals surface area contributed by atoms with Gasteiger partial charge in [0.15, 0.2) is 5.65 Å². The van der Waals surface area contributed by atoms with Crippen molar-refractivity contribution in [2.45, 2.75) is 39.0 Å². The highest BCUT2D eigenvalue weighted by Crippen LogP contribution is 2.29. The first kappa shape index (κ1) is 20.3. The summed E-state index contributed by atoms with van der Waals surface area (Å²) in [5, 5.41) is 9.05. The molecule has 0 aromatic carbocycles. The lowest BCUT2D eigenvalue weighted by atomic mass is 10.2. The topological polar surface area (TPSA) is 132 Å². The van der Waals surface area contributed by atoms with Gasteiger partial charge in [0.05, 0.1) is 12.7 Å². The first-order chi connectivity index (χ1) is 11.5. The number of rotatable bonds is 2. The molecule has 136 valence electrons. The van der Waals surface area contributed by atoms with Gasteiger partial charge in [-0.2, -0.15) is 4.98 Å². The monoisotopic (exact) mass is 360 g/mol. The molecule has 3 heterocycles. The molecule has 1 aliphatic rings. The van der Waals surface area contributed by atoms with Crippen molar-refractivity contribution in [3.05, 3.63) is 20.0 Å². The fourth-order valence-electron chi connectivity index (χ4n) is 2.21. The Bertz CT molecular complexity index is 754. The molecule has 0 amide bonds. The number of aliphatic hydroxyl groups excluding tert-OH is 1. The molecule has 0 radical (unpaired) electrons. The number of hydrogen-bond donors (Lipinski definition) is 3. The molecule has 1 saturated heterocycles. The van der Waals surface area contributed by atoms with Gasteiger partial charge in [0.25, 0.3) is 5.56 Å². The maximum Gasteiger partial charge on any atom is 0.311 e. The lowest BCUT2D eigenvalue weighted by Gasteiger charge is -2.13. The number of aromatic amines is 1. The molecule has 2 atom stereocenters. The highest BCUT2D eigenvalue weighted by atomic mass is 32.1. The average Bonchev–Trinajstić information content (AvgIpc) is 3.14. The van der Waals surface area contributed by atoms with Gasteiger partial charge in [0.2, 0.25) is 5.95 Å². The third-order valence-electron chi connectivity index (χ3n) is 3.07. The molecule has 2 aromatic heterocycles. The maximum absolute atomic E-state index is 12.0. The summed E-state index contributed by atoms with van der Waals surface area (Å²) in [6.07, 6.45) is 0.452. The van der Waals surface area contributed by atoms with E-state index < -0.39 is 11.8 Å². The third-order valence-corrected chi connectivity index (χ3v) is 4.01. The van der Waals surface area contributed by atoms with Crippen molar-refractivity contribution in [2.75, 3.05) is 26.6 Å². The van der Waals surface area contributed by atoms with Crippen LogP contribution in [0.3, 0.4) is 0 Å². The molecule has 0 spiro atoms. The minimum Gasteiger partial charge on any atom is -0.394 e. The van der Waals surface area contributed by atoms with E-state index in [1.165, 1.54) is 4.57 Å². The SMILES string of the molecule is CC.COC.Nc1nc2c(sc(=O)n2C2CCC(CO)O2)c(=O)[nH]1. The van der Waals surface area contributed by atoms with E-state index in [9.17, 15) is 9.59 Å². The van der Waals surface area contributed by atoms with E-state index in [0.717, 1.165) is 11.3 Å². The molecule has 2 unspecified atom stereocenters. The number of thiazole rings is 1. The molecule has 0 aliphatic carbocycles. The van der Waals surface area contributed by atoms with E-state index in [1.54, 1.807) is 14.2 Å². The van der Waals surface area contributed by atoms with Gasteiger partial charge in [-0.15, -0.1) is 0 Å². The van der Waals surface area contributed by atoms with Crippen molar-refractivity contribution in [2.24, 2.45) is 0 Å². The van der Waals surface area contributed by atoms with E-state index in [4.69, 9.17) is 15.6 Å². The Labute approximate surface area is 143 Å². The minimum atomic E-state index is -0.507. The third kappa shape index (κ3) is 4.41. The Morgan fingerprint density at radius 2 is 2.04 bits per heavy atom. The summed E-state index contributed by atoms with van der Waals surface area (Å²) < 4.78 is 11.4. The Morgan fingerprint density at radius 3 is 2.58 bits per heavy atom. The minimum absolute atomic E-state index is 0.0410. The predicted molar refractivity (Wildman–Crippen MR) is 93.4 cm³/mol. The standard InChI is InChI=1S/C10H12N4O4S.C2H6O.C2H6/c11-9-12-7-6(8(16)13-9)19-10(17)14(7)5-2-1-4(3-15)18-5;1-3-2;1-2/h4-5,15H,1-3H2,(H3,11,12,13,16);1-2H3;1-2H3. The Hall–Kier alpha value is -1.75. The van der Waals surface area contributed by atoms with E-state index in [0.29, 0.717) is 12.8 Å². The van der Waals surface area contributed by atoms with Crippen LogP contribution in [-0.4, -0.2) is 46.6 Å². The van der Waals surface area contributed by atoms with Gasteiger partial charge in [-0.25, -0.2) is 0 Å². The highest BCUT2D eigenvalue weighted by Gasteiger charge is 2.29. The van der Waals surface area contributed by atoms with Gasteiger partial charge in [-0.05, 0) is 12.8 Å². The van der Waals surface area contributed by atoms with Crippen molar-refractivity contribution in [1.82, 2.24) is 14.5 Å². The lowest BCUT2D eigenvalue weighted by molar-refractivity contribution is -0.0214. The summed E-state index contributed by atoms with van der Waals surface area (Å²) in [5.41, 5.74) is 5.30. The van der Waals surface area contributed by atoms with Crippen LogP contribution in [0, 0.1) is 0 Å². The summed E-state index contributed by atoms with van der Waals surface area (Å²) in [6, 6.07) is 0. The lowest BCUT2D eigenvalue weighted by Crippen LogP contribution is -2.22. The van der Waals surface area contributed by atoms with Gasteiger partial charge in [-0.3, -0.25) is 19.1 Å². The number of nitrogens with two attached hydrogens (primary N) is 1. The van der Waals surface area contributed by atoms with Crippen molar-refractivity contribution >= 4 is 27.6 Å². The van der Waals surface area contributed by atoms with Crippen molar-refractivity contribution in [3.63, 3.8) is 0 Å². The molecule has 2 aromatic rings. The summed E-state index contributed by atoms with van der Waals surface area (Å²) in [5.74, 6) is -0.0410. The van der Waals surface area contributed by atoms with E-state index in [2.05, 4.69) is 14.7 Å². The summed E-state index contributed by atoms with van der Waals surface area (Å²) in [7, 11) is 3.25. The largest absolute Gasteiger partial charge is 0.394 e. The second-order valence-electron chi connectivity index (χ2n) is 4.72. The Balaban J connectivity index is 0.000000521. The molecular formula is C14H24N4O5S. The number of aromatic nitrogens is 3. The van der Waals surface area contributed by atoms with Crippen LogP contribution in [0.2, 0.25) is 0 Å². The molecule has 4 N–H and O–H groups in total. The number of anilines is 1. The normalized spacial score (nSPS) is 19.4. The van der Waals surface area contributed by atoms with Crippen LogP contribution in [0.4, 0.5) is 5.95 Å². The number of H-pyrrole nitrogens is 1. The van der Waals surface area contributed by atoms with Crippen LogP contribution >= 0.6 is 11.3 Å². The van der Waals surface area contributed by atoms with Gasteiger partial charge in [0.1, 0.15) is 10.9 Å². The van der Waals surface area contributed by atoms with Gasteiger partial charge in [-0.1, -0.05) is 25.2 Å². The maximum atomic E-state index is 12.0. The zero-order chi connectivity index (χ0) is 18.3. The Kier molecular flexibility index (Phi) is 8.05. The number of ether oxygens (including phenoxy) is 2. The fourth-order valence-corrected chi connectivity index (χ4v) is 3.07. The number of hydrogen-bond acceptors (Lipinski definition) is 8. The molecule has 24 heavy (non-hydrogen) atoms. The quantitative estimate of drug-likeness (QED) is 0.717. The predicted octanol–water partition coefficient (Wildman–Crippen LogP) is 0.687.